The van der Waals surface area contributed by atoms with Crippen LogP contribution < -0.4 is 4.90 Å². The highest BCUT2D eigenvalue weighted by molar-refractivity contribution is 5.58. The number of nitrogens with zero attached hydrogens (tertiary/aromatic N) is 1. The Labute approximate surface area is 135 Å². The van der Waals surface area contributed by atoms with Crippen LogP contribution in [0, 0.1) is 5.92 Å². The first kappa shape index (κ1) is 16.4. The summed E-state index contributed by atoms with van der Waals surface area (Å²) in [6.45, 7) is 13.1. The van der Waals surface area contributed by atoms with E-state index in [1.165, 1.54) is 29.8 Å². The molecule has 1 aromatic carbocycles. The van der Waals surface area contributed by atoms with Gasteiger partial charge in [-0.25, -0.2) is 0 Å². The van der Waals surface area contributed by atoms with Gasteiger partial charge < -0.3 is 4.90 Å². The molecule has 2 bridgehead atoms. The Morgan fingerprint density at radius 1 is 1.09 bits per heavy atom. The number of benzene rings is 1. The SMILES string of the molecule is C=C/C1=C(\C=C)N(c2ccccc2)CC2CC=C(C1)C2.CC. The van der Waals surface area contributed by atoms with Crippen LogP contribution in [0.4, 0.5) is 5.69 Å². The van der Waals surface area contributed by atoms with Crippen molar-refractivity contribution in [3.05, 3.63) is 78.6 Å². The maximum absolute atomic E-state index is 4.03. The molecule has 1 atom stereocenters. The first-order valence-corrected chi connectivity index (χ1v) is 8.30. The summed E-state index contributed by atoms with van der Waals surface area (Å²) in [5.41, 5.74) is 5.31. The quantitative estimate of drug-likeness (QED) is 0.628. The van der Waals surface area contributed by atoms with Crippen molar-refractivity contribution in [1.82, 2.24) is 0 Å². The van der Waals surface area contributed by atoms with Gasteiger partial charge in [-0.3, -0.25) is 0 Å². The first-order valence-electron chi connectivity index (χ1n) is 8.30. The first-order chi connectivity index (χ1) is 10.8. The molecule has 1 aromatic rings. The van der Waals surface area contributed by atoms with Crippen molar-refractivity contribution in [1.29, 1.82) is 0 Å². The van der Waals surface area contributed by atoms with Gasteiger partial charge in [-0.2, -0.15) is 0 Å². The molecule has 0 amide bonds. The number of para-hydroxylation sites is 1. The summed E-state index contributed by atoms with van der Waals surface area (Å²) in [5, 5.41) is 0. The topological polar surface area (TPSA) is 3.24 Å². The Morgan fingerprint density at radius 3 is 2.45 bits per heavy atom. The minimum atomic E-state index is 0.728. The maximum Gasteiger partial charge on any atom is 0.0440 e. The highest BCUT2D eigenvalue weighted by Crippen LogP contribution is 2.37. The molecule has 22 heavy (non-hydrogen) atoms. The van der Waals surface area contributed by atoms with Gasteiger partial charge in [0.15, 0.2) is 0 Å². The number of hydrogen-bond acceptors (Lipinski definition) is 1. The zero-order valence-corrected chi connectivity index (χ0v) is 13.9. The number of anilines is 1. The Kier molecular flexibility index (Phi) is 5.83. The summed E-state index contributed by atoms with van der Waals surface area (Å²) >= 11 is 0. The van der Waals surface area contributed by atoms with Crippen LogP contribution in [0.5, 0.6) is 0 Å². The van der Waals surface area contributed by atoms with Gasteiger partial charge in [0.2, 0.25) is 0 Å². The highest BCUT2D eigenvalue weighted by atomic mass is 15.1. The standard InChI is InChI=1S/C19H21N.C2H6/c1-3-17-13-15-10-11-16(12-15)14-20(19(17)4-2)18-8-6-5-7-9-18;1-2/h3-10,16H,1-2,11-14H2;1-2H3/b19-17-;. The molecule has 0 aromatic heterocycles. The summed E-state index contributed by atoms with van der Waals surface area (Å²) in [7, 11) is 0. The monoisotopic (exact) mass is 293 g/mol. The van der Waals surface area contributed by atoms with E-state index in [0.29, 0.717) is 0 Å². The molecule has 0 saturated heterocycles. The summed E-state index contributed by atoms with van der Waals surface area (Å²) < 4.78 is 0. The van der Waals surface area contributed by atoms with E-state index in [9.17, 15) is 0 Å². The minimum Gasteiger partial charge on any atom is -0.341 e. The van der Waals surface area contributed by atoms with Crippen molar-refractivity contribution in [2.45, 2.75) is 33.1 Å². The number of fused-ring (bicyclic) bond motifs is 2. The number of hydrogen-bond donors (Lipinski definition) is 0. The lowest BCUT2D eigenvalue weighted by Crippen LogP contribution is -2.29. The van der Waals surface area contributed by atoms with Crippen molar-refractivity contribution in [2.75, 3.05) is 11.4 Å². The molecule has 0 N–H and O–H groups in total. The third-order valence-corrected chi connectivity index (χ3v) is 4.28. The molecule has 0 radical (unpaired) electrons. The average molecular weight is 293 g/mol. The van der Waals surface area contributed by atoms with Crippen LogP contribution in [0.25, 0.3) is 0 Å². The van der Waals surface area contributed by atoms with Gasteiger partial charge in [0.25, 0.3) is 0 Å². The fraction of sp³-hybridized carbons (Fsp3) is 0.333. The third-order valence-electron chi connectivity index (χ3n) is 4.28. The van der Waals surface area contributed by atoms with E-state index in [-0.39, 0.29) is 0 Å². The summed E-state index contributed by atoms with van der Waals surface area (Å²) in [6, 6.07) is 10.6. The van der Waals surface area contributed by atoms with E-state index in [2.05, 4.69) is 54.5 Å². The molecule has 0 spiro atoms. The van der Waals surface area contributed by atoms with Crippen LogP contribution in [0.2, 0.25) is 0 Å². The van der Waals surface area contributed by atoms with Crippen LogP contribution in [0.3, 0.4) is 0 Å². The van der Waals surface area contributed by atoms with Crippen molar-refractivity contribution >= 4 is 5.69 Å². The van der Waals surface area contributed by atoms with Crippen LogP contribution >= 0.6 is 0 Å². The highest BCUT2D eigenvalue weighted by Gasteiger charge is 2.26. The van der Waals surface area contributed by atoms with E-state index in [1.807, 2.05) is 26.0 Å². The molecular formula is C21H27N. The Balaban J connectivity index is 0.000000847. The number of rotatable bonds is 3. The minimum absolute atomic E-state index is 0.728. The molecule has 0 saturated carbocycles. The Hall–Kier alpha value is -2.02. The predicted octanol–water partition coefficient (Wildman–Crippen LogP) is 5.89. The zero-order chi connectivity index (χ0) is 15.9. The van der Waals surface area contributed by atoms with E-state index in [0.717, 1.165) is 18.9 Å². The lowest BCUT2D eigenvalue weighted by molar-refractivity contribution is 0.553. The molecule has 1 heterocycles. The molecule has 0 fully saturated rings. The molecule has 1 nitrogen and oxygen atoms in total. The van der Waals surface area contributed by atoms with Gasteiger partial charge in [0.05, 0.1) is 0 Å². The molecule has 1 aliphatic carbocycles. The second-order valence-electron chi connectivity index (χ2n) is 5.61. The fourth-order valence-corrected chi connectivity index (χ4v) is 3.29. The van der Waals surface area contributed by atoms with E-state index < -0.39 is 0 Å². The maximum atomic E-state index is 4.03. The van der Waals surface area contributed by atoms with Crippen molar-refractivity contribution in [3.63, 3.8) is 0 Å². The molecule has 1 unspecified atom stereocenters. The molecule has 1 aliphatic heterocycles. The zero-order valence-electron chi connectivity index (χ0n) is 13.9. The summed E-state index contributed by atoms with van der Waals surface area (Å²) in [6.07, 6.45) is 9.84. The smallest absolute Gasteiger partial charge is 0.0440 e. The largest absolute Gasteiger partial charge is 0.341 e. The second kappa shape index (κ2) is 7.84. The summed E-state index contributed by atoms with van der Waals surface area (Å²) in [5.74, 6) is 0.728. The van der Waals surface area contributed by atoms with E-state index in [1.54, 1.807) is 5.57 Å². The van der Waals surface area contributed by atoms with Crippen LogP contribution in [0.15, 0.2) is 78.6 Å². The summed E-state index contributed by atoms with van der Waals surface area (Å²) in [4.78, 5) is 2.41. The van der Waals surface area contributed by atoms with Gasteiger partial charge in [-0.15, -0.1) is 0 Å². The molecular weight excluding hydrogens is 266 g/mol. The Bertz CT molecular complexity index is 577. The van der Waals surface area contributed by atoms with Gasteiger partial charge in [-0.05, 0) is 49.0 Å². The van der Waals surface area contributed by atoms with Crippen LogP contribution in [-0.2, 0) is 0 Å². The van der Waals surface area contributed by atoms with Crippen molar-refractivity contribution in [3.8, 4) is 0 Å². The molecule has 3 rings (SSSR count). The van der Waals surface area contributed by atoms with E-state index in [4.69, 9.17) is 0 Å². The molecule has 116 valence electrons. The predicted molar refractivity (Wildman–Crippen MR) is 98.0 cm³/mol. The van der Waals surface area contributed by atoms with Gasteiger partial charge in [0.1, 0.15) is 0 Å². The normalized spacial score (nSPS) is 23.6. The molecule has 2 aliphatic rings. The lowest BCUT2D eigenvalue weighted by Gasteiger charge is -2.32. The van der Waals surface area contributed by atoms with Crippen molar-refractivity contribution < 1.29 is 0 Å². The van der Waals surface area contributed by atoms with Crippen LogP contribution in [0.1, 0.15) is 33.1 Å². The second-order valence-corrected chi connectivity index (χ2v) is 5.61. The number of allylic oxidation sites excluding steroid dienone is 5. The van der Waals surface area contributed by atoms with Gasteiger partial charge >= 0.3 is 0 Å². The molecule has 1 heteroatoms. The van der Waals surface area contributed by atoms with Gasteiger partial charge in [0, 0.05) is 17.9 Å². The van der Waals surface area contributed by atoms with Crippen LogP contribution in [-0.4, -0.2) is 6.54 Å². The fourth-order valence-electron chi connectivity index (χ4n) is 3.29. The average Bonchev–Trinajstić information content (AvgIpc) is 3.03. The van der Waals surface area contributed by atoms with Crippen molar-refractivity contribution in [2.24, 2.45) is 5.92 Å². The van der Waals surface area contributed by atoms with Gasteiger partial charge in [-0.1, -0.05) is 62.9 Å². The Morgan fingerprint density at radius 2 is 1.82 bits per heavy atom. The third kappa shape index (κ3) is 3.41. The van der Waals surface area contributed by atoms with E-state index >= 15 is 0 Å². The lowest BCUT2D eigenvalue weighted by atomic mass is 9.95.